The number of amides is 1. The van der Waals surface area contributed by atoms with E-state index in [2.05, 4.69) is 37.9 Å². The van der Waals surface area contributed by atoms with Crippen molar-refractivity contribution in [1.82, 2.24) is 9.80 Å². The van der Waals surface area contributed by atoms with Crippen LogP contribution in [0.2, 0.25) is 5.02 Å². The summed E-state index contributed by atoms with van der Waals surface area (Å²) in [4.78, 5) is 16.5. The molecule has 1 aromatic rings. The SMILES string of the molecule is CC1CN(C(=O)CC(C)(C)C)CCN1C(=S)Nc1ccc(Cl)cc1. The standard InChI is InChI=1S/C18H26ClN3OS/c1-13-12-21(16(23)11-18(2,3)4)9-10-22(13)17(24)20-15-7-5-14(19)6-8-15/h5-8,13H,9-12H2,1-4H3,(H,20,24). The van der Waals surface area contributed by atoms with Gasteiger partial charge in [0, 0.05) is 42.8 Å². The first-order chi connectivity index (χ1) is 11.2. The Balaban J connectivity index is 1.91. The summed E-state index contributed by atoms with van der Waals surface area (Å²) in [5.74, 6) is 0.227. The van der Waals surface area contributed by atoms with Crippen molar-refractivity contribution in [3.05, 3.63) is 29.3 Å². The molecule has 0 saturated carbocycles. The van der Waals surface area contributed by atoms with Crippen LogP contribution in [0.3, 0.4) is 0 Å². The third-order valence-corrected chi connectivity index (χ3v) is 4.61. The molecule has 0 bridgehead atoms. The first-order valence-electron chi connectivity index (χ1n) is 8.27. The summed E-state index contributed by atoms with van der Waals surface area (Å²) in [6.07, 6.45) is 0.577. The molecule has 1 heterocycles. The van der Waals surface area contributed by atoms with Crippen molar-refractivity contribution < 1.29 is 4.79 Å². The lowest BCUT2D eigenvalue weighted by atomic mass is 9.91. The van der Waals surface area contributed by atoms with Crippen molar-refractivity contribution in [3.8, 4) is 0 Å². The number of nitrogens with one attached hydrogen (secondary N) is 1. The van der Waals surface area contributed by atoms with Crippen LogP contribution in [0.25, 0.3) is 0 Å². The zero-order valence-electron chi connectivity index (χ0n) is 14.8. The Morgan fingerprint density at radius 2 is 1.92 bits per heavy atom. The second-order valence-electron chi connectivity index (χ2n) is 7.56. The van der Waals surface area contributed by atoms with Crippen LogP contribution >= 0.6 is 23.8 Å². The summed E-state index contributed by atoms with van der Waals surface area (Å²) >= 11 is 11.4. The molecule has 0 aromatic heterocycles. The highest BCUT2D eigenvalue weighted by atomic mass is 35.5. The van der Waals surface area contributed by atoms with E-state index in [0.717, 1.165) is 12.2 Å². The van der Waals surface area contributed by atoms with Gasteiger partial charge in [0.2, 0.25) is 5.91 Å². The Hall–Kier alpha value is -1.33. The van der Waals surface area contributed by atoms with E-state index in [0.29, 0.717) is 29.6 Å². The molecule has 2 rings (SSSR count). The van der Waals surface area contributed by atoms with Crippen molar-refractivity contribution in [3.63, 3.8) is 0 Å². The molecule has 6 heteroatoms. The van der Waals surface area contributed by atoms with Crippen molar-refractivity contribution in [2.75, 3.05) is 25.0 Å². The van der Waals surface area contributed by atoms with E-state index in [1.807, 2.05) is 29.2 Å². The molecule has 0 spiro atoms. The predicted molar refractivity (Wildman–Crippen MR) is 104 cm³/mol. The Morgan fingerprint density at radius 1 is 1.29 bits per heavy atom. The van der Waals surface area contributed by atoms with Gasteiger partial charge in [-0.05, 0) is 48.8 Å². The Kier molecular flexibility index (Phi) is 6.10. The highest BCUT2D eigenvalue weighted by Crippen LogP contribution is 2.22. The smallest absolute Gasteiger partial charge is 0.223 e. The number of halogens is 1. The number of piperazine rings is 1. The minimum Gasteiger partial charge on any atom is -0.343 e. The van der Waals surface area contributed by atoms with Crippen LogP contribution in [0.5, 0.6) is 0 Å². The van der Waals surface area contributed by atoms with E-state index in [4.69, 9.17) is 23.8 Å². The molecule has 24 heavy (non-hydrogen) atoms. The van der Waals surface area contributed by atoms with Crippen LogP contribution in [-0.4, -0.2) is 46.5 Å². The van der Waals surface area contributed by atoms with Crippen LogP contribution < -0.4 is 5.32 Å². The second kappa shape index (κ2) is 7.70. The minimum atomic E-state index is 0.0168. The maximum absolute atomic E-state index is 12.4. The quantitative estimate of drug-likeness (QED) is 0.801. The highest BCUT2D eigenvalue weighted by molar-refractivity contribution is 7.80. The highest BCUT2D eigenvalue weighted by Gasteiger charge is 2.29. The van der Waals surface area contributed by atoms with Gasteiger partial charge in [0.1, 0.15) is 0 Å². The predicted octanol–water partition coefficient (Wildman–Crippen LogP) is 4.01. The Labute approximate surface area is 155 Å². The van der Waals surface area contributed by atoms with Crippen molar-refractivity contribution in [2.45, 2.75) is 40.2 Å². The maximum Gasteiger partial charge on any atom is 0.223 e. The minimum absolute atomic E-state index is 0.0168. The number of nitrogens with zero attached hydrogens (tertiary/aromatic N) is 2. The van der Waals surface area contributed by atoms with Gasteiger partial charge in [-0.3, -0.25) is 4.79 Å². The molecule has 1 aromatic carbocycles. The average Bonchev–Trinajstić information content (AvgIpc) is 2.47. The van der Waals surface area contributed by atoms with Gasteiger partial charge >= 0.3 is 0 Å². The van der Waals surface area contributed by atoms with Gasteiger partial charge < -0.3 is 15.1 Å². The lowest BCUT2D eigenvalue weighted by Gasteiger charge is -2.41. The summed E-state index contributed by atoms with van der Waals surface area (Å²) in [6.45, 7) is 10.5. The molecule has 1 amide bonds. The maximum atomic E-state index is 12.4. The number of hydrogen-bond donors (Lipinski definition) is 1. The van der Waals surface area contributed by atoms with Crippen LogP contribution in [0.4, 0.5) is 5.69 Å². The molecule has 1 aliphatic heterocycles. The van der Waals surface area contributed by atoms with Gasteiger partial charge in [-0.25, -0.2) is 0 Å². The summed E-state index contributed by atoms with van der Waals surface area (Å²) in [5, 5.41) is 4.63. The molecular weight excluding hydrogens is 342 g/mol. The van der Waals surface area contributed by atoms with E-state index in [1.54, 1.807) is 0 Å². The van der Waals surface area contributed by atoms with Crippen molar-refractivity contribution in [1.29, 1.82) is 0 Å². The molecule has 0 radical (unpaired) electrons. The molecule has 1 saturated heterocycles. The average molecular weight is 368 g/mol. The fourth-order valence-electron chi connectivity index (χ4n) is 2.78. The van der Waals surface area contributed by atoms with E-state index in [1.165, 1.54) is 0 Å². The topological polar surface area (TPSA) is 35.6 Å². The molecule has 4 nitrogen and oxygen atoms in total. The van der Waals surface area contributed by atoms with Gasteiger partial charge in [0.25, 0.3) is 0 Å². The van der Waals surface area contributed by atoms with E-state index < -0.39 is 0 Å². The number of carbonyl (C=O) groups excluding carboxylic acids is 1. The number of rotatable bonds is 2. The molecule has 1 atom stereocenters. The summed E-state index contributed by atoms with van der Waals surface area (Å²) in [5.41, 5.74) is 0.936. The zero-order chi connectivity index (χ0) is 17.9. The third kappa shape index (κ3) is 5.35. The molecule has 1 unspecified atom stereocenters. The van der Waals surface area contributed by atoms with E-state index in [-0.39, 0.29) is 17.4 Å². The Bertz CT molecular complexity index is 597. The molecule has 1 aliphatic rings. The molecule has 132 valence electrons. The molecule has 1 fully saturated rings. The van der Waals surface area contributed by atoms with Gasteiger partial charge in [0.15, 0.2) is 5.11 Å². The molecule has 0 aliphatic carbocycles. The second-order valence-corrected chi connectivity index (χ2v) is 8.38. The van der Waals surface area contributed by atoms with Gasteiger partial charge in [0.05, 0.1) is 0 Å². The third-order valence-electron chi connectivity index (χ3n) is 4.02. The monoisotopic (exact) mass is 367 g/mol. The van der Waals surface area contributed by atoms with Crippen molar-refractivity contribution in [2.24, 2.45) is 5.41 Å². The lowest BCUT2D eigenvalue weighted by Crippen LogP contribution is -2.56. The number of carbonyl (C=O) groups is 1. The summed E-state index contributed by atoms with van der Waals surface area (Å²) in [7, 11) is 0. The summed E-state index contributed by atoms with van der Waals surface area (Å²) in [6, 6.07) is 7.66. The van der Waals surface area contributed by atoms with E-state index in [9.17, 15) is 4.79 Å². The number of thiocarbonyl (C=S) groups is 1. The van der Waals surface area contributed by atoms with Crippen LogP contribution in [0.15, 0.2) is 24.3 Å². The van der Waals surface area contributed by atoms with Crippen LogP contribution in [-0.2, 0) is 4.79 Å². The van der Waals surface area contributed by atoms with Gasteiger partial charge in [-0.2, -0.15) is 0 Å². The fraction of sp³-hybridized carbons (Fsp3) is 0.556. The van der Waals surface area contributed by atoms with E-state index >= 15 is 0 Å². The number of hydrogen-bond acceptors (Lipinski definition) is 2. The van der Waals surface area contributed by atoms with Crippen molar-refractivity contribution >= 4 is 40.5 Å². The lowest BCUT2D eigenvalue weighted by molar-refractivity contribution is -0.135. The molecular formula is C18H26ClN3OS. The van der Waals surface area contributed by atoms with Gasteiger partial charge in [-0.15, -0.1) is 0 Å². The Morgan fingerprint density at radius 3 is 2.46 bits per heavy atom. The summed E-state index contributed by atoms with van der Waals surface area (Å²) < 4.78 is 0. The number of anilines is 1. The zero-order valence-corrected chi connectivity index (χ0v) is 16.4. The largest absolute Gasteiger partial charge is 0.343 e. The normalized spacial score (nSPS) is 18.5. The van der Waals surface area contributed by atoms with Gasteiger partial charge in [-0.1, -0.05) is 32.4 Å². The fourth-order valence-corrected chi connectivity index (χ4v) is 3.29. The number of benzene rings is 1. The van der Waals surface area contributed by atoms with Crippen LogP contribution in [0.1, 0.15) is 34.1 Å². The molecule has 1 N–H and O–H groups in total. The first-order valence-corrected chi connectivity index (χ1v) is 9.05. The first kappa shape index (κ1) is 19.0. The van der Waals surface area contributed by atoms with Crippen LogP contribution in [0, 0.1) is 5.41 Å².